The van der Waals surface area contributed by atoms with Crippen molar-refractivity contribution < 1.29 is 13.2 Å². The zero-order chi connectivity index (χ0) is 12.8. The Hall–Kier alpha value is -0.800. The minimum Gasteiger partial charge on any atom is -0.329 e. The first-order chi connectivity index (χ1) is 7.32. The van der Waals surface area contributed by atoms with Crippen molar-refractivity contribution in [1.82, 2.24) is 4.90 Å². The third-order valence-corrected chi connectivity index (χ3v) is 2.15. The molecule has 0 spiro atoms. The van der Waals surface area contributed by atoms with Gasteiger partial charge in [-0.25, -0.2) is 0 Å². The third-order valence-electron chi connectivity index (χ3n) is 2.15. The van der Waals surface area contributed by atoms with Crippen molar-refractivity contribution in [3.63, 3.8) is 0 Å². The molecule has 0 radical (unpaired) electrons. The second-order valence-corrected chi connectivity index (χ2v) is 4.09. The summed E-state index contributed by atoms with van der Waals surface area (Å²) in [7, 11) is 0. The lowest BCUT2D eigenvalue weighted by molar-refractivity contribution is -0.182. The van der Waals surface area contributed by atoms with E-state index < -0.39 is 18.8 Å². The highest BCUT2D eigenvalue weighted by Gasteiger charge is 2.42. The van der Waals surface area contributed by atoms with Crippen LogP contribution < -0.4 is 5.73 Å². The smallest absolute Gasteiger partial charge is 0.329 e. The van der Waals surface area contributed by atoms with Gasteiger partial charge >= 0.3 is 6.18 Å². The van der Waals surface area contributed by atoms with Crippen LogP contribution in [0, 0.1) is 17.2 Å². The van der Waals surface area contributed by atoms with Gasteiger partial charge in [-0.3, -0.25) is 4.90 Å². The van der Waals surface area contributed by atoms with Crippen molar-refractivity contribution in [2.45, 2.75) is 32.5 Å². The summed E-state index contributed by atoms with van der Waals surface area (Å²) in [5, 5.41) is 8.42. The summed E-state index contributed by atoms with van der Waals surface area (Å²) in [6.07, 6.45) is -4.25. The molecule has 0 aromatic heterocycles. The molecule has 1 atom stereocenters. The Kier molecular flexibility index (Phi) is 6.38. The Bertz CT molecular complexity index is 232. The zero-order valence-corrected chi connectivity index (χ0v) is 9.59. The minimum atomic E-state index is -4.33. The number of nitrogens with two attached hydrogens (primary N) is 1. The Labute approximate surface area is 94.0 Å². The van der Waals surface area contributed by atoms with Gasteiger partial charge in [0, 0.05) is 26.1 Å². The normalized spacial score (nSPS) is 14.2. The van der Waals surface area contributed by atoms with Crippen LogP contribution in [0.2, 0.25) is 0 Å². The number of hydrogen-bond donors (Lipinski definition) is 1. The van der Waals surface area contributed by atoms with Gasteiger partial charge < -0.3 is 5.73 Å². The summed E-state index contributed by atoms with van der Waals surface area (Å²) in [4.78, 5) is 1.24. The standard InChI is InChI=1S/C10H18F3N3/c1-8(2)7-16(5-3-4-14)9(6-15)10(11,12)13/h8-9H,3,5-7,15H2,1-2H3. The van der Waals surface area contributed by atoms with Gasteiger partial charge in [0.2, 0.25) is 0 Å². The van der Waals surface area contributed by atoms with Crippen LogP contribution in [-0.4, -0.2) is 36.8 Å². The van der Waals surface area contributed by atoms with Crippen molar-refractivity contribution in [3.8, 4) is 6.07 Å². The van der Waals surface area contributed by atoms with Gasteiger partial charge in [-0.15, -0.1) is 0 Å². The fourth-order valence-electron chi connectivity index (χ4n) is 1.53. The van der Waals surface area contributed by atoms with Gasteiger partial charge in [0.05, 0.1) is 6.07 Å². The molecule has 16 heavy (non-hydrogen) atoms. The number of hydrogen-bond acceptors (Lipinski definition) is 3. The summed E-state index contributed by atoms with van der Waals surface area (Å²) in [6, 6.07) is 0.202. The van der Waals surface area contributed by atoms with E-state index in [2.05, 4.69) is 0 Å². The molecule has 0 saturated heterocycles. The van der Waals surface area contributed by atoms with Crippen LogP contribution >= 0.6 is 0 Å². The van der Waals surface area contributed by atoms with E-state index in [-0.39, 0.29) is 18.9 Å². The van der Waals surface area contributed by atoms with Gasteiger partial charge in [-0.1, -0.05) is 13.8 Å². The van der Waals surface area contributed by atoms with E-state index in [1.54, 1.807) is 0 Å². The van der Waals surface area contributed by atoms with E-state index in [4.69, 9.17) is 11.0 Å². The molecular weight excluding hydrogens is 219 g/mol. The molecule has 0 bridgehead atoms. The molecule has 0 aromatic carbocycles. The first-order valence-corrected chi connectivity index (χ1v) is 5.20. The molecule has 94 valence electrons. The van der Waals surface area contributed by atoms with Gasteiger partial charge in [-0.2, -0.15) is 18.4 Å². The Morgan fingerprint density at radius 2 is 1.94 bits per heavy atom. The maximum Gasteiger partial charge on any atom is 0.405 e. The molecule has 0 aromatic rings. The number of rotatable bonds is 6. The quantitative estimate of drug-likeness (QED) is 0.765. The number of halogens is 3. The minimum absolute atomic E-state index is 0.0826. The molecule has 0 saturated carbocycles. The molecule has 0 fully saturated rings. The lowest BCUT2D eigenvalue weighted by atomic mass is 10.1. The highest BCUT2D eigenvalue weighted by molar-refractivity contribution is 4.83. The summed E-state index contributed by atoms with van der Waals surface area (Å²) in [5.74, 6) is 0.107. The van der Waals surface area contributed by atoms with E-state index in [1.165, 1.54) is 4.90 Å². The van der Waals surface area contributed by atoms with E-state index in [0.717, 1.165) is 0 Å². The monoisotopic (exact) mass is 237 g/mol. The van der Waals surface area contributed by atoms with Gasteiger partial charge in [-0.05, 0) is 5.92 Å². The maximum atomic E-state index is 12.6. The molecule has 0 heterocycles. The number of nitrogens with zero attached hydrogens (tertiary/aromatic N) is 2. The Balaban J connectivity index is 4.63. The van der Waals surface area contributed by atoms with Crippen LogP contribution in [0.4, 0.5) is 13.2 Å². The molecule has 3 nitrogen and oxygen atoms in total. The van der Waals surface area contributed by atoms with Crippen molar-refractivity contribution in [2.75, 3.05) is 19.6 Å². The van der Waals surface area contributed by atoms with Crippen LogP contribution in [0.3, 0.4) is 0 Å². The molecule has 0 rings (SSSR count). The third kappa shape index (κ3) is 5.33. The lowest BCUT2D eigenvalue weighted by Gasteiger charge is -2.32. The molecule has 0 aliphatic carbocycles. The highest BCUT2D eigenvalue weighted by atomic mass is 19.4. The molecule has 0 aliphatic rings. The van der Waals surface area contributed by atoms with Gasteiger partial charge in [0.25, 0.3) is 0 Å². The van der Waals surface area contributed by atoms with Crippen molar-refractivity contribution in [1.29, 1.82) is 5.26 Å². The van der Waals surface area contributed by atoms with Crippen LogP contribution in [-0.2, 0) is 0 Å². The molecule has 6 heteroatoms. The summed E-state index contributed by atoms with van der Waals surface area (Å²) in [6.45, 7) is 3.60. The predicted octanol–water partition coefficient (Wildman–Crippen LogP) is 1.75. The number of alkyl halides is 3. The summed E-state index contributed by atoms with van der Waals surface area (Å²) in [5.41, 5.74) is 5.16. The number of nitriles is 1. The van der Waals surface area contributed by atoms with E-state index >= 15 is 0 Å². The zero-order valence-electron chi connectivity index (χ0n) is 9.59. The lowest BCUT2D eigenvalue weighted by Crippen LogP contribution is -2.51. The molecule has 0 amide bonds. The van der Waals surface area contributed by atoms with Crippen molar-refractivity contribution in [2.24, 2.45) is 11.7 Å². The fourth-order valence-corrected chi connectivity index (χ4v) is 1.53. The summed E-state index contributed by atoms with van der Waals surface area (Å²) >= 11 is 0. The molecule has 2 N–H and O–H groups in total. The maximum absolute atomic E-state index is 12.6. The Morgan fingerprint density at radius 1 is 1.38 bits per heavy atom. The molecule has 0 aliphatic heterocycles. The highest BCUT2D eigenvalue weighted by Crippen LogP contribution is 2.25. The van der Waals surface area contributed by atoms with E-state index in [9.17, 15) is 13.2 Å². The molecule has 1 unspecified atom stereocenters. The summed E-state index contributed by atoms with van der Waals surface area (Å²) < 4.78 is 37.9. The van der Waals surface area contributed by atoms with Crippen LogP contribution in [0.25, 0.3) is 0 Å². The van der Waals surface area contributed by atoms with Gasteiger partial charge in [0.1, 0.15) is 6.04 Å². The van der Waals surface area contributed by atoms with Crippen LogP contribution in [0.5, 0.6) is 0 Å². The van der Waals surface area contributed by atoms with Crippen LogP contribution in [0.1, 0.15) is 20.3 Å². The average molecular weight is 237 g/mol. The second-order valence-electron chi connectivity index (χ2n) is 4.09. The van der Waals surface area contributed by atoms with Crippen molar-refractivity contribution in [3.05, 3.63) is 0 Å². The van der Waals surface area contributed by atoms with Crippen LogP contribution in [0.15, 0.2) is 0 Å². The first-order valence-electron chi connectivity index (χ1n) is 5.20. The average Bonchev–Trinajstić information content (AvgIpc) is 2.11. The van der Waals surface area contributed by atoms with E-state index in [1.807, 2.05) is 19.9 Å². The molecular formula is C10H18F3N3. The largest absolute Gasteiger partial charge is 0.405 e. The fraction of sp³-hybridized carbons (Fsp3) is 0.900. The van der Waals surface area contributed by atoms with E-state index in [0.29, 0.717) is 6.54 Å². The second kappa shape index (κ2) is 6.71. The topological polar surface area (TPSA) is 53.0 Å². The Morgan fingerprint density at radius 3 is 2.25 bits per heavy atom. The van der Waals surface area contributed by atoms with Gasteiger partial charge in [0.15, 0.2) is 0 Å². The predicted molar refractivity (Wildman–Crippen MR) is 55.5 cm³/mol. The first kappa shape index (κ1) is 15.2. The SMILES string of the molecule is CC(C)CN(CCC#N)C(CN)C(F)(F)F. The van der Waals surface area contributed by atoms with Crippen molar-refractivity contribution >= 4 is 0 Å².